The Balaban J connectivity index is 1.30. The summed E-state index contributed by atoms with van der Waals surface area (Å²) in [5.74, 6) is 0. The van der Waals surface area contributed by atoms with E-state index in [0.717, 1.165) is 0 Å². The maximum Gasteiger partial charge on any atom is 0.0329 e. The van der Waals surface area contributed by atoms with Crippen molar-refractivity contribution in [1.82, 2.24) is 9.80 Å². The average Bonchev–Trinajstić information content (AvgIpc) is 3.57. The van der Waals surface area contributed by atoms with Gasteiger partial charge in [0, 0.05) is 24.2 Å². The van der Waals surface area contributed by atoms with E-state index in [1.54, 1.807) is 0 Å². The van der Waals surface area contributed by atoms with Crippen molar-refractivity contribution in [2.24, 2.45) is 0 Å². The minimum absolute atomic E-state index is 0.439. The van der Waals surface area contributed by atoms with Gasteiger partial charge in [-0.2, -0.15) is 0 Å². The summed E-state index contributed by atoms with van der Waals surface area (Å²) >= 11 is 0. The van der Waals surface area contributed by atoms with E-state index < -0.39 is 0 Å². The molecule has 0 spiro atoms. The Hall–Kier alpha value is -2.68. The molecule has 0 N–H and O–H groups in total. The lowest BCUT2D eigenvalue weighted by Gasteiger charge is -2.41. The molecule has 2 aliphatic rings. The lowest BCUT2D eigenvalue weighted by Crippen LogP contribution is -2.47. The van der Waals surface area contributed by atoms with E-state index in [2.05, 4.69) is 109 Å². The first-order valence-electron chi connectivity index (χ1n) is 13.2. The smallest absolute Gasteiger partial charge is 0.0329 e. The fourth-order valence-corrected chi connectivity index (χ4v) is 7.00. The minimum Gasteiger partial charge on any atom is -0.292 e. The number of hydrogen-bond acceptors (Lipinski definition) is 2. The van der Waals surface area contributed by atoms with Crippen LogP contribution < -0.4 is 0 Å². The number of rotatable bonds is 5. The second kappa shape index (κ2) is 9.17. The number of hydrogen-bond donors (Lipinski definition) is 0. The van der Waals surface area contributed by atoms with Crippen molar-refractivity contribution >= 4 is 21.5 Å². The first-order valence-corrected chi connectivity index (χ1v) is 13.2. The molecule has 2 nitrogen and oxygen atoms in total. The second-order valence-corrected chi connectivity index (χ2v) is 10.4. The molecule has 6 rings (SSSR count). The quantitative estimate of drug-likeness (QED) is 0.308. The molecular weight excluding hydrogens is 412 g/mol. The standard InChI is InChI=1S/C32H36N2/c1-23(27-17-7-13-25-11-3-5-15-29(25)27)33-21-9-19-31(33)32-20-10-22-34(32)24(2)28-18-8-14-26-12-4-6-16-30(26)28/h3-8,11-18,23-24,31-32H,9-10,19-22H2,1-2H3/t23-,24-,31-,32-/m1/s1. The highest BCUT2D eigenvalue weighted by molar-refractivity contribution is 5.86. The molecular formula is C32H36N2. The predicted molar refractivity (Wildman–Crippen MR) is 144 cm³/mol. The summed E-state index contributed by atoms with van der Waals surface area (Å²) in [5, 5.41) is 5.54. The molecule has 2 heterocycles. The van der Waals surface area contributed by atoms with Crippen molar-refractivity contribution in [2.75, 3.05) is 13.1 Å². The summed E-state index contributed by atoms with van der Waals surface area (Å²) < 4.78 is 0. The van der Waals surface area contributed by atoms with Gasteiger partial charge in [-0.05, 0) is 85.3 Å². The minimum atomic E-state index is 0.439. The fraction of sp³-hybridized carbons (Fsp3) is 0.375. The second-order valence-electron chi connectivity index (χ2n) is 10.4. The van der Waals surface area contributed by atoms with Gasteiger partial charge in [0.25, 0.3) is 0 Å². The van der Waals surface area contributed by atoms with Crippen LogP contribution >= 0.6 is 0 Å². The lowest BCUT2D eigenvalue weighted by atomic mass is 9.94. The molecule has 2 fully saturated rings. The first-order chi connectivity index (χ1) is 16.7. The molecule has 4 aromatic rings. The molecule has 4 aromatic carbocycles. The number of nitrogens with zero attached hydrogens (tertiary/aromatic N) is 2. The number of benzene rings is 4. The maximum absolute atomic E-state index is 2.83. The molecule has 2 aliphatic heterocycles. The van der Waals surface area contributed by atoms with Crippen LogP contribution in [0.1, 0.15) is 62.7 Å². The maximum atomic E-state index is 2.83. The third kappa shape index (κ3) is 3.74. The predicted octanol–water partition coefficient (Wildman–Crippen LogP) is 7.74. The van der Waals surface area contributed by atoms with Crippen LogP contribution in [0.25, 0.3) is 21.5 Å². The van der Waals surface area contributed by atoms with E-state index in [9.17, 15) is 0 Å². The van der Waals surface area contributed by atoms with Gasteiger partial charge in [0.1, 0.15) is 0 Å². The molecule has 174 valence electrons. The number of fused-ring (bicyclic) bond motifs is 2. The van der Waals surface area contributed by atoms with Crippen LogP contribution in [0.15, 0.2) is 84.9 Å². The van der Waals surface area contributed by atoms with Crippen LogP contribution in [0.4, 0.5) is 0 Å². The van der Waals surface area contributed by atoms with Crippen molar-refractivity contribution in [2.45, 2.75) is 63.7 Å². The largest absolute Gasteiger partial charge is 0.292 e. The van der Waals surface area contributed by atoms with Crippen LogP contribution in [-0.2, 0) is 0 Å². The Kier molecular flexibility index (Phi) is 5.89. The van der Waals surface area contributed by atoms with Gasteiger partial charge in [0.05, 0.1) is 0 Å². The zero-order valence-corrected chi connectivity index (χ0v) is 20.5. The SMILES string of the molecule is C[C@H](c1cccc2ccccc12)N1CCC[C@@H]1[C@H]1CCCN1[C@H](C)c1cccc2ccccc12. The van der Waals surface area contributed by atoms with Crippen LogP contribution in [0.5, 0.6) is 0 Å². The fourth-order valence-electron chi connectivity index (χ4n) is 7.00. The summed E-state index contributed by atoms with van der Waals surface area (Å²) in [6.45, 7) is 7.30. The highest BCUT2D eigenvalue weighted by Crippen LogP contribution is 2.41. The Morgan fingerprint density at radius 1 is 0.559 bits per heavy atom. The lowest BCUT2D eigenvalue weighted by molar-refractivity contribution is 0.0847. The molecule has 0 unspecified atom stereocenters. The third-order valence-corrected chi connectivity index (χ3v) is 8.67. The van der Waals surface area contributed by atoms with E-state index in [4.69, 9.17) is 0 Å². The summed E-state index contributed by atoms with van der Waals surface area (Å²) in [4.78, 5) is 5.67. The zero-order valence-electron chi connectivity index (χ0n) is 20.5. The Morgan fingerprint density at radius 2 is 0.971 bits per heavy atom. The molecule has 34 heavy (non-hydrogen) atoms. The van der Waals surface area contributed by atoms with E-state index in [1.165, 1.54) is 71.4 Å². The summed E-state index contributed by atoms with van der Waals surface area (Å²) in [5.41, 5.74) is 2.97. The van der Waals surface area contributed by atoms with Crippen molar-refractivity contribution in [3.8, 4) is 0 Å². The van der Waals surface area contributed by atoms with Gasteiger partial charge in [-0.1, -0.05) is 84.9 Å². The third-order valence-electron chi connectivity index (χ3n) is 8.67. The molecule has 0 aromatic heterocycles. The van der Waals surface area contributed by atoms with E-state index in [1.807, 2.05) is 0 Å². The van der Waals surface area contributed by atoms with Crippen LogP contribution in [0, 0.1) is 0 Å². The number of likely N-dealkylation sites (tertiary alicyclic amines) is 2. The molecule has 0 bridgehead atoms. The van der Waals surface area contributed by atoms with Gasteiger partial charge in [0.2, 0.25) is 0 Å². The van der Waals surface area contributed by atoms with Crippen LogP contribution in [0.2, 0.25) is 0 Å². The van der Waals surface area contributed by atoms with Gasteiger partial charge in [-0.25, -0.2) is 0 Å². The normalized spacial score (nSPS) is 23.6. The molecule has 0 aliphatic carbocycles. The van der Waals surface area contributed by atoms with Crippen molar-refractivity contribution in [1.29, 1.82) is 0 Å². The monoisotopic (exact) mass is 448 g/mol. The molecule has 4 atom stereocenters. The summed E-state index contributed by atoms with van der Waals surface area (Å²) in [7, 11) is 0. The Labute approximate surface area is 204 Å². The van der Waals surface area contributed by atoms with Crippen molar-refractivity contribution < 1.29 is 0 Å². The van der Waals surface area contributed by atoms with E-state index in [0.29, 0.717) is 24.2 Å². The first kappa shape index (κ1) is 21.8. The van der Waals surface area contributed by atoms with Gasteiger partial charge in [-0.3, -0.25) is 9.80 Å². The molecule has 2 heteroatoms. The molecule has 2 saturated heterocycles. The van der Waals surface area contributed by atoms with Crippen molar-refractivity contribution in [3.05, 3.63) is 96.1 Å². The molecule has 0 saturated carbocycles. The summed E-state index contributed by atoms with van der Waals surface area (Å²) in [6, 6.07) is 33.6. The Morgan fingerprint density at radius 3 is 1.44 bits per heavy atom. The molecule has 0 radical (unpaired) electrons. The van der Waals surface area contributed by atoms with E-state index in [-0.39, 0.29) is 0 Å². The van der Waals surface area contributed by atoms with Gasteiger partial charge >= 0.3 is 0 Å². The molecule has 0 amide bonds. The average molecular weight is 449 g/mol. The van der Waals surface area contributed by atoms with Crippen molar-refractivity contribution in [3.63, 3.8) is 0 Å². The van der Waals surface area contributed by atoms with Crippen LogP contribution in [-0.4, -0.2) is 35.0 Å². The highest BCUT2D eigenvalue weighted by Gasteiger charge is 2.41. The highest BCUT2D eigenvalue weighted by atomic mass is 15.3. The van der Waals surface area contributed by atoms with Crippen LogP contribution in [0.3, 0.4) is 0 Å². The van der Waals surface area contributed by atoms with Gasteiger partial charge in [0.15, 0.2) is 0 Å². The topological polar surface area (TPSA) is 6.48 Å². The van der Waals surface area contributed by atoms with Gasteiger partial charge < -0.3 is 0 Å². The van der Waals surface area contributed by atoms with E-state index >= 15 is 0 Å². The Bertz CT molecular complexity index is 1180. The zero-order chi connectivity index (χ0) is 23.1. The summed E-state index contributed by atoms with van der Waals surface area (Å²) in [6.07, 6.45) is 5.26. The van der Waals surface area contributed by atoms with Gasteiger partial charge in [-0.15, -0.1) is 0 Å².